The largest absolute Gasteiger partial charge is 0.493 e. The van der Waals surface area contributed by atoms with E-state index in [1.165, 1.54) is 0 Å². The van der Waals surface area contributed by atoms with Gasteiger partial charge in [-0.2, -0.15) is 0 Å². The lowest BCUT2D eigenvalue weighted by molar-refractivity contribution is 0.0623. The molecule has 2 aromatic carbocycles. The Hall–Kier alpha value is -3.52. The molecule has 2 heterocycles. The van der Waals surface area contributed by atoms with Gasteiger partial charge in [0.15, 0.2) is 11.5 Å². The number of carbonyl (C=O) groups excluding carboxylic acids is 1. The van der Waals surface area contributed by atoms with Crippen LogP contribution < -0.4 is 19.8 Å². The molecule has 0 radical (unpaired) electrons. The van der Waals surface area contributed by atoms with E-state index in [1.807, 2.05) is 24.3 Å². The Morgan fingerprint density at radius 2 is 1.66 bits per heavy atom. The molecular formula is C24H26N2O6. The van der Waals surface area contributed by atoms with Gasteiger partial charge in [-0.05, 0) is 18.2 Å². The monoisotopic (exact) mass is 438 g/mol. The maximum absolute atomic E-state index is 13.0. The van der Waals surface area contributed by atoms with Gasteiger partial charge in [0.1, 0.15) is 11.1 Å². The quantitative estimate of drug-likeness (QED) is 0.548. The Bertz CT molecular complexity index is 1180. The Morgan fingerprint density at radius 1 is 0.938 bits per heavy atom. The van der Waals surface area contributed by atoms with Crippen LogP contribution in [0.5, 0.6) is 17.2 Å². The van der Waals surface area contributed by atoms with E-state index in [4.69, 9.17) is 18.6 Å². The van der Waals surface area contributed by atoms with Crippen molar-refractivity contribution in [3.8, 4) is 17.2 Å². The molecule has 1 saturated heterocycles. The van der Waals surface area contributed by atoms with Crippen LogP contribution in [0.4, 0.5) is 0 Å². The molecule has 1 fully saturated rings. The second-order valence-corrected chi connectivity index (χ2v) is 7.55. The number of methoxy groups -OCH3 is 3. The van der Waals surface area contributed by atoms with Crippen LogP contribution in [0.1, 0.15) is 15.9 Å². The van der Waals surface area contributed by atoms with E-state index in [0.717, 1.165) is 10.9 Å². The average Bonchev–Trinajstić information content (AvgIpc) is 2.83. The van der Waals surface area contributed by atoms with E-state index in [-0.39, 0.29) is 11.5 Å². The standard InChI is InChI=1S/C24H26N2O6/c1-29-20-9-8-17(21(30-2)22(20)31-3)15-25-10-12-26(13-11-25)23(27)18-14-16-6-4-5-7-19(16)32-24(18)28/h4-9,14H,10-13,15H2,1-3H3. The molecule has 1 aromatic heterocycles. The molecule has 168 valence electrons. The van der Waals surface area contributed by atoms with E-state index in [2.05, 4.69) is 4.90 Å². The van der Waals surface area contributed by atoms with Gasteiger partial charge in [0.2, 0.25) is 5.75 Å². The van der Waals surface area contributed by atoms with Crippen molar-refractivity contribution in [2.45, 2.75) is 6.54 Å². The van der Waals surface area contributed by atoms with E-state index < -0.39 is 5.63 Å². The van der Waals surface area contributed by atoms with E-state index >= 15 is 0 Å². The van der Waals surface area contributed by atoms with Crippen LogP contribution in [-0.2, 0) is 6.54 Å². The summed E-state index contributed by atoms with van der Waals surface area (Å²) in [4.78, 5) is 29.3. The second-order valence-electron chi connectivity index (χ2n) is 7.55. The van der Waals surface area contributed by atoms with Gasteiger partial charge < -0.3 is 23.5 Å². The fraction of sp³-hybridized carbons (Fsp3) is 0.333. The van der Waals surface area contributed by atoms with Gasteiger partial charge in [0.05, 0.1) is 21.3 Å². The fourth-order valence-electron chi connectivity index (χ4n) is 4.02. The predicted octanol–water partition coefficient (Wildman–Crippen LogP) is 2.78. The molecule has 32 heavy (non-hydrogen) atoms. The summed E-state index contributed by atoms with van der Waals surface area (Å²) in [7, 11) is 4.77. The van der Waals surface area contributed by atoms with Crippen LogP contribution in [0, 0.1) is 0 Å². The van der Waals surface area contributed by atoms with Crippen LogP contribution in [0.2, 0.25) is 0 Å². The van der Waals surface area contributed by atoms with E-state index in [0.29, 0.717) is 55.6 Å². The number of benzene rings is 2. The van der Waals surface area contributed by atoms with Crippen molar-refractivity contribution < 1.29 is 23.4 Å². The number of hydrogen-bond donors (Lipinski definition) is 0. The zero-order valence-corrected chi connectivity index (χ0v) is 18.4. The minimum absolute atomic E-state index is 0.0683. The van der Waals surface area contributed by atoms with Crippen LogP contribution >= 0.6 is 0 Å². The summed E-state index contributed by atoms with van der Waals surface area (Å²) in [5.41, 5.74) is 0.910. The number of fused-ring (bicyclic) bond motifs is 1. The molecule has 0 N–H and O–H groups in total. The first kappa shape index (κ1) is 21.7. The van der Waals surface area contributed by atoms with Gasteiger partial charge in [-0.1, -0.05) is 24.3 Å². The minimum atomic E-state index is -0.605. The molecule has 0 unspecified atom stereocenters. The highest BCUT2D eigenvalue weighted by Gasteiger charge is 2.26. The molecule has 8 heteroatoms. The molecule has 0 saturated carbocycles. The van der Waals surface area contributed by atoms with Crippen LogP contribution in [-0.4, -0.2) is 63.2 Å². The molecule has 0 bridgehead atoms. The third-order valence-electron chi connectivity index (χ3n) is 5.71. The lowest BCUT2D eigenvalue weighted by atomic mass is 10.1. The van der Waals surface area contributed by atoms with Crippen molar-refractivity contribution in [1.82, 2.24) is 9.80 Å². The number of ether oxygens (including phenoxy) is 3. The van der Waals surface area contributed by atoms with Crippen molar-refractivity contribution in [2.24, 2.45) is 0 Å². The maximum Gasteiger partial charge on any atom is 0.349 e. The first-order valence-electron chi connectivity index (χ1n) is 10.4. The lowest BCUT2D eigenvalue weighted by Gasteiger charge is -2.35. The topological polar surface area (TPSA) is 81.5 Å². The summed E-state index contributed by atoms with van der Waals surface area (Å²) >= 11 is 0. The van der Waals surface area contributed by atoms with Crippen molar-refractivity contribution in [2.75, 3.05) is 47.5 Å². The van der Waals surface area contributed by atoms with Gasteiger partial charge in [-0.3, -0.25) is 9.69 Å². The zero-order chi connectivity index (χ0) is 22.7. The molecule has 0 atom stereocenters. The van der Waals surface area contributed by atoms with Gasteiger partial charge in [-0.25, -0.2) is 4.79 Å². The summed E-state index contributed by atoms with van der Waals surface area (Å²) in [6.07, 6.45) is 0. The van der Waals surface area contributed by atoms with Gasteiger partial charge in [0, 0.05) is 43.7 Å². The van der Waals surface area contributed by atoms with Crippen LogP contribution in [0.15, 0.2) is 51.7 Å². The highest BCUT2D eigenvalue weighted by atomic mass is 16.5. The summed E-state index contributed by atoms with van der Waals surface area (Å²) in [6, 6.07) is 12.6. The second kappa shape index (κ2) is 9.32. The molecule has 0 spiro atoms. The van der Waals surface area contributed by atoms with E-state index in [9.17, 15) is 9.59 Å². The normalized spacial score (nSPS) is 14.4. The number of nitrogens with zero attached hydrogens (tertiary/aromatic N) is 2. The predicted molar refractivity (Wildman–Crippen MR) is 120 cm³/mol. The number of carbonyl (C=O) groups is 1. The smallest absolute Gasteiger partial charge is 0.349 e. The lowest BCUT2D eigenvalue weighted by Crippen LogP contribution is -2.49. The number of para-hydroxylation sites is 1. The van der Waals surface area contributed by atoms with Crippen LogP contribution in [0.25, 0.3) is 11.0 Å². The van der Waals surface area contributed by atoms with E-state index in [1.54, 1.807) is 44.4 Å². The minimum Gasteiger partial charge on any atom is -0.493 e. The molecular weight excluding hydrogens is 412 g/mol. The number of amides is 1. The SMILES string of the molecule is COc1ccc(CN2CCN(C(=O)c3cc4ccccc4oc3=O)CC2)c(OC)c1OC. The molecule has 1 amide bonds. The Labute approximate surface area is 185 Å². The summed E-state index contributed by atoms with van der Waals surface area (Å²) in [5.74, 6) is 1.51. The fourth-order valence-corrected chi connectivity index (χ4v) is 4.02. The third kappa shape index (κ3) is 4.13. The molecule has 0 aliphatic carbocycles. The Morgan fingerprint density at radius 3 is 2.34 bits per heavy atom. The number of hydrogen-bond acceptors (Lipinski definition) is 7. The number of piperazine rings is 1. The zero-order valence-electron chi connectivity index (χ0n) is 18.4. The molecule has 3 aromatic rings. The van der Waals surface area contributed by atoms with Gasteiger partial charge in [0.25, 0.3) is 5.91 Å². The van der Waals surface area contributed by atoms with Gasteiger partial charge >= 0.3 is 5.63 Å². The summed E-state index contributed by atoms with van der Waals surface area (Å²) in [5, 5.41) is 0.731. The summed E-state index contributed by atoms with van der Waals surface area (Å²) in [6.45, 7) is 3.01. The average molecular weight is 438 g/mol. The van der Waals surface area contributed by atoms with Crippen LogP contribution in [0.3, 0.4) is 0 Å². The Kier molecular flexibility index (Phi) is 6.32. The van der Waals surface area contributed by atoms with Crippen molar-refractivity contribution in [1.29, 1.82) is 0 Å². The summed E-state index contributed by atoms with van der Waals surface area (Å²) < 4.78 is 21.7. The first-order chi connectivity index (χ1) is 15.5. The highest BCUT2D eigenvalue weighted by molar-refractivity contribution is 5.96. The maximum atomic E-state index is 13.0. The van der Waals surface area contributed by atoms with Gasteiger partial charge in [-0.15, -0.1) is 0 Å². The molecule has 4 rings (SSSR count). The Balaban J connectivity index is 1.45. The third-order valence-corrected chi connectivity index (χ3v) is 5.71. The molecule has 8 nitrogen and oxygen atoms in total. The molecule has 1 aliphatic rings. The molecule has 1 aliphatic heterocycles. The van der Waals surface area contributed by atoms with Crippen molar-refractivity contribution in [3.05, 3.63) is 64.0 Å². The van der Waals surface area contributed by atoms with Crippen molar-refractivity contribution in [3.63, 3.8) is 0 Å². The highest BCUT2D eigenvalue weighted by Crippen LogP contribution is 2.40. The van der Waals surface area contributed by atoms with Crippen molar-refractivity contribution >= 4 is 16.9 Å². The number of rotatable bonds is 6. The first-order valence-corrected chi connectivity index (χ1v) is 10.4.